The molecule has 4 rings (SSSR count). The minimum atomic E-state index is -1.04. The lowest BCUT2D eigenvalue weighted by Gasteiger charge is -2.31. The van der Waals surface area contributed by atoms with E-state index in [0.29, 0.717) is 23.3 Å². The fraction of sp³-hybridized carbons (Fsp3) is 0.471. The van der Waals surface area contributed by atoms with Gasteiger partial charge < -0.3 is 30.9 Å². The van der Waals surface area contributed by atoms with E-state index in [4.69, 9.17) is 4.74 Å². The Bertz CT molecular complexity index is 1590. The normalized spacial score (nSPS) is 21.8. The van der Waals surface area contributed by atoms with Gasteiger partial charge in [-0.2, -0.15) is 0 Å². The van der Waals surface area contributed by atoms with Crippen LogP contribution in [0.4, 0.5) is 0 Å². The molecule has 1 aliphatic rings. The Morgan fingerprint density at radius 2 is 1.64 bits per heavy atom. The number of rotatable bonds is 7. The summed E-state index contributed by atoms with van der Waals surface area (Å²) in [6, 6.07) is 8.77. The molecule has 5 amide bonds. The van der Waals surface area contributed by atoms with E-state index in [9.17, 15) is 24.0 Å². The van der Waals surface area contributed by atoms with Gasteiger partial charge in [0.25, 0.3) is 5.91 Å². The quantitative estimate of drug-likeness (QED) is 0.302. The molecule has 12 nitrogen and oxygen atoms in total. The van der Waals surface area contributed by atoms with Gasteiger partial charge in [-0.3, -0.25) is 24.0 Å². The van der Waals surface area contributed by atoms with Gasteiger partial charge in [0.05, 0.1) is 29.4 Å². The molecular formula is C34H44N6O6S. The monoisotopic (exact) mass is 664 g/mol. The minimum Gasteiger partial charge on any atom is -0.497 e. The van der Waals surface area contributed by atoms with Crippen molar-refractivity contribution < 1.29 is 28.7 Å². The zero-order valence-corrected chi connectivity index (χ0v) is 28.5. The van der Waals surface area contributed by atoms with E-state index in [2.05, 4.69) is 26.3 Å². The lowest BCUT2D eigenvalue weighted by atomic mass is 10.0. The Labute approximate surface area is 279 Å². The summed E-state index contributed by atoms with van der Waals surface area (Å²) in [5.41, 5.74) is 3.47. The second-order valence-corrected chi connectivity index (χ2v) is 13.6. The third kappa shape index (κ3) is 9.50. The van der Waals surface area contributed by atoms with Gasteiger partial charge in [0.1, 0.15) is 23.9 Å². The summed E-state index contributed by atoms with van der Waals surface area (Å²) in [7, 11) is 1.55. The highest BCUT2D eigenvalue weighted by Gasteiger charge is 2.32. The number of hydrogen-bond donors (Lipinski definition) is 4. The molecule has 2 heterocycles. The number of hydrogen-bond acceptors (Lipinski definition) is 8. The van der Waals surface area contributed by atoms with Gasteiger partial charge in [-0.25, -0.2) is 4.98 Å². The van der Waals surface area contributed by atoms with Crippen molar-refractivity contribution in [3.05, 3.63) is 59.1 Å². The summed E-state index contributed by atoms with van der Waals surface area (Å²) in [5.74, 6) is -1.96. The molecule has 47 heavy (non-hydrogen) atoms. The van der Waals surface area contributed by atoms with Crippen molar-refractivity contribution in [2.75, 3.05) is 20.2 Å². The Hall–Kier alpha value is -4.52. The van der Waals surface area contributed by atoms with Crippen LogP contribution in [0.3, 0.4) is 0 Å². The molecule has 0 radical (unpaired) electrons. The summed E-state index contributed by atoms with van der Waals surface area (Å²) in [6.45, 7) is 8.88. The first-order valence-electron chi connectivity index (χ1n) is 15.8. The Kier molecular flexibility index (Phi) is 11.9. The van der Waals surface area contributed by atoms with Gasteiger partial charge in [-0.15, -0.1) is 11.3 Å². The number of nitrogens with one attached hydrogen (secondary N) is 4. The summed E-state index contributed by atoms with van der Waals surface area (Å²) < 4.78 is 6.16. The number of carbonyl (C=O) groups is 5. The first kappa shape index (κ1) is 35.3. The topological polar surface area (TPSA) is 159 Å². The Morgan fingerprint density at radius 3 is 2.30 bits per heavy atom. The van der Waals surface area contributed by atoms with E-state index in [1.807, 2.05) is 33.8 Å². The predicted octanol–water partition coefficient (Wildman–Crippen LogP) is 2.66. The highest BCUT2D eigenvalue weighted by atomic mass is 32.1. The zero-order chi connectivity index (χ0) is 34.2. The maximum absolute atomic E-state index is 13.9. The van der Waals surface area contributed by atoms with Gasteiger partial charge >= 0.3 is 0 Å². The maximum Gasteiger partial charge on any atom is 0.254 e. The molecule has 0 spiro atoms. The largest absolute Gasteiger partial charge is 0.497 e. The average molecular weight is 665 g/mol. The van der Waals surface area contributed by atoms with Gasteiger partial charge in [-0.1, -0.05) is 39.8 Å². The predicted molar refractivity (Wildman–Crippen MR) is 180 cm³/mol. The van der Waals surface area contributed by atoms with Crippen LogP contribution in [-0.4, -0.2) is 83.8 Å². The van der Waals surface area contributed by atoms with Crippen LogP contribution in [0.5, 0.6) is 5.75 Å². The van der Waals surface area contributed by atoms with Crippen molar-refractivity contribution >= 4 is 51.1 Å². The third-order valence-electron chi connectivity index (χ3n) is 8.09. The number of aromatic nitrogens is 1. The lowest BCUT2D eigenvalue weighted by Crippen LogP contribution is -2.57. The number of thiazole rings is 1. The Morgan fingerprint density at radius 1 is 0.936 bits per heavy atom. The van der Waals surface area contributed by atoms with Crippen molar-refractivity contribution in [1.29, 1.82) is 0 Å². The van der Waals surface area contributed by atoms with Gasteiger partial charge in [0, 0.05) is 24.6 Å². The SMILES string of the molecule is COc1ccc(C[C@@H]2NC(=O)[C@H](CC(C)C)NC(=O)CN(C(=O)c3ccc4scnc4c3)C[C@H](C(C)C)NC(=O)[C@@H](C)NC2=O)cc1. The van der Waals surface area contributed by atoms with E-state index in [1.54, 1.807) is 55.9 Å². The smallest absolute Gasteiger partial charge is 0.254 e. The number of amides is 5. The molecular weight excluding hydrogens is 620 g/mol. The van der Waals surface area contributed by atoms with Crippen molar-refractivity contribution in [3.63, 3.8) is 0 Å². The second-order valence-electron chi connectivity index (χ2n) is 12.7. The van der Waals surface area contributed by atoms with Crippen LogP contribution in [0.1, 0.15) is 57.0 Å². The van der Waals surface area contributed by atoms with Crippen LogP contribution in [0.15, 0.2) is 48.0 Å². The van der Waals surface area contributed by atoms with E-state index in [1.165, 1.54) is 16.2 Å². The minimum absolute atomic E-state index is 0.0204. The fourth-order valence-corrected chi connectivity index (χ4v) is 5.99. The number of nitrogens with zero attached hydrogens (tertiary/aromatic N) is 2. The Balaban J connectivity index is 1.68. The number of carbonyl (C=O) groups excluding carboxylic acids is 5. The molecule has 1 saturated heterocycles. The summed E-state index contributed by atoms with van der Waals surface area (Å²) in [5, 5.41) is 11.3. The molecule has 4 N–H and O–H groups in total. The van der Waals surface area contributed by atoms with Crippen LogP contribution in [-0.2, 0) is 25.6 Å². The van der Waals surface area contributed by atoms with Crippen LogP contribution in [0.2, 0.25) is 0 Å². The molecule has 1 aliphatic heterocycles. The van der Waals surface area contributed by atoms with E-state index in [0.717, 1.165) is 10.3 Å². The van der Waals surface area contributed by atoms with Crippen LogP contribution in [0.25, 0.3) is 10.2 Å². The van der Waals surface area contributed by atoms with Crippen LogP contribution in [0, 0.1) is 11.8 Å². The molecule has 1 fully saturated rings. The van der Waals surface area contributed by atoms with Gasteiger partial charge in [-0.05, 0) is 61.1 Å². The van der Waals surface area contributed by atoms with Gasteiger partial charge in [0.15, 0.2) is 0 Å². The van der Waals surface area contributed by atoms with E-state index < -0.39 is 53.7 Å². The molecule has 1 aromatic heterocycles. The number of fused-ring (bicyclic) bond motifs is 1. The number of methoxy groups -OCH3 is 1. The molecule has 0 unspecified atom stereocenters. The first-order chi connectivity index (χ1) is 22.3. The van der Waals surface area contributed by atoms with Crippen molar-refractivity contribution in [3.8, 4) is 5.75 Å². The standard InChI is InChI=1S/C34H44N6O6S/c1-19(2)13-26-33(44)38-27(14-22-7-10-24(46-6)11-8-22)32(43)36-21(5)31(42)39-28(20(3)4)16-40(17-30(41)37-26)34(45)23-9-12-29-25(15-23)35-18-47-29/h7-12,15,18-21,26-28H,13-14,16-17H2,1-6H3,(H,36,43)(H,37,41)(H,38,44)(H,39,42)/t21-,26+,27+,28-/m1/s1. The molecule has 0 bridgehead atoms. The maximum atomic E-state index is 13.9. The number of ether oxygens (including phenoxy) is 1. The summed E-state index contributed by atoms with van der Waals surface area (Å²) >= 11 is 1.46. The van der Waals surface area contributed by atoms with Gasteiger partial charge in [0.2, 0.25) is 23.6 Å². The average Bonchev–Trinajstić information content (AvgIpc) is 3.50. The molecule has 2 aromatic carbocycles. The van der Waals surface area contributed by atoms with E-state index >= 15 is 0 Å². The van der Waals surface area contributed by atoms with Crippen LogP contribution >= 0.6 is 11.3 Å². The van der Waals surface area contributed by atoms with E-state index in [-0.39, 0.29) is 31.3 Å². The van der Waals surface area contributed by atoms with Crippen molar-refractivity contribution in [2.24, 2.45) is 11.8 Å². The molecule has 252 valence electrons. The summed E-state index contributed by atoms with van der Waals surface area (Å²) in [6.07, 6.45) is 0.437. The summed E-state index contributed by atoms with van der Waals surface area (Å²) in [4.78, 5) is 73.9. The highest BCUT2D eigenvalue weighted by molar-refractivity contribution is 7.16. The van der Waals surface area contributed by atoms with Crippen molar-refractivity contribution in [2.45, 2.75) is 71.6 Å². The molecule has 0 saturated carbocycles. The first-order valence-corrected chi connectivity index (χ1v) is 16.7. The zero-order valence-electron chi connectivity index (χ0n) is 27.7. The molecule has 0 aliphatic carbocycles. The highest BCUT2D eigenvalue weighted by Crippen LogP contribution is 2.21. The fourth-order valence-electron chi connectivity index (χ4n) is 5.34. The molecule has 3 aromatic rings. The number of benzene rings is 2. The molecule has 13 heteroatoms. The van der Waals surface area contributed by atoms with Crippen LogP contribution < -0.4 is 26.0 Å². The van der Waals surface area contributed by atoms with Crippen molar-refractivity contribution in [1.82, 2.24) is 31.2 Å². The lowest BCUT2D eigenvalue weighted by molar-refractivity contribution is -0.133. The third-order valence-corrected chi connectivity index (χ3v) is 8.90. The molecule has 4 atom stereocenters. The second kappa shape index (κ2) is 15.9.